The van der Waals surface area contributed by atoms with E-state index < -0.39 is 5.97 Å². The van der Waals surface area contributed by atoms with E-state index in [1.54, 1.807) is 6.08 Å². The van der Waals surface area contributed by atoms with Crippen LogP contribution in [0.3, 0.4) is 0 Å². The highest BCUT2D eigenvalue weighted by atomic mass is 32.1. The molecule has 0 spiro atoms. The average Bonchev–Trinajstić information content (AvgIpc) is 2.86. The smallest absolute Gasteiger partial charge is 0.352 e. The van der Waals surface area contributed by atoms with Crippen molar-refractivity contribution < 1.29 is 14.7 Å². The number of rotatable bonds is 6. The summed E-state index contributed by atoms with van der Waals surface area (Å²) in [6.07, 6.45) is 3.78. The van der Waals surface area contributed by atoms with Gasteiger partial charge in [-0.05, 0) is 30.4 Å². The lowest BCUT2D eigenvalue weighted by Gasteiger charge is -2.07. The molecule has 0 aliphatic heterocycles. The van der Waals surface area contributed by atoms with Crippen LogP contribution in [0.4, 0.5) is 0 Å². The maximum atomic E-state index is 11.7. The summed E-state index contributed by atoms with van der Waals surface area (Å²) in [7, 11) is 0. The molecule has 1 amide bonds. The van der Waals surface area contributed by atoms with E-state index in [4.69, 9.17) is 5.11 Å². The van der Waals surface area contributed by atoms with Crippen LogP contribution < -0.4 is 5.32 Å². The summed E-state index contributed by atoms with van der Waals surface area (Å²) in [6, 6.07) is 0. The predicted octanol–water partition coefficient (Wildman–Crippen LogP) is 1.83. The zero-order valence-corrected chi connectivity index (χ0v) is 11.1. The minimum Gasteiger partial charge on any atom is -0.477 e. The molecular formula is C12H19NO3S. The number of hydrogen-bond acceptors (Lipinski definition) is 3. The molecule has 17 heavy (non-hydrogen) atoms. The van der Waals surface area contributed by atoms with E-state index in [1.807, 2.05) is 13.8 Å². The second-order valence-corrected chi connectivity index (χ2v) is 5.47. The molecule has 0 aromatic carbocycles. The third kappa shape index (κ3) is 4.07. The number of nitrogens with one attached hydrogen (secondary N) is 1. The lowest BCUT2D eigenvalue weighted by molar-refractivity contribution is -0.135. The fraction of sp³-hybridized carbons (Fsp3) is 0.667. The Hall–Kier alpha value is -0.970. The van der Waals surface area contributed by atoms with Gasteiger partial charge in [0.05, 0.1) is 0 Å². The molecule has 1 aliphatic rings. The van der Waals surface area contributed by atoms with Crippen LogP contribution in [0, 0.1) is 11.3 Å². The molecule has 0 aromatic heterocycles. The molecule has 96 valence electrons. The van der Waals surface area contributed by atoms with Gasteiger partial charge in [0.25, 0.3) is 0 Å². The lowest BCUT2D eigenvalue weighted by atomic mass is 10.1. The van der Waals surface area contributed by atoms with Crippen molar-refractivity contribution in [3.8, 4) is 0 Å². The van der Waals surface area contributed by atoms with Gasteiger partial charge in [0.15, 0.2) is 0 Å². The molecule has 0 aromatic rings. The number of aliphatic carboxylic acids is 1. The van der Waals surface area contributed by atoms with Crippen LogP contribution in [0.2, 0.25) is 0 Å². The van der Waals surface area contributed by atoms with Crippen LogP contribution in [0.1, 0.15) is 33.1 Å². The molecule has 5 heteroatoms. The van der Waals surface area contributed by atoms with Crippen LogP contribution in [0.5, 0.6) is 0 Å². The number of unbranched alkanes of at least 4 members (excludes halogenated alkanes) is 1. The summed E-state index contributed by atoms with van der Waals surface area (Å²) in [5.74, 6) is -0.631. The molecule has 1 fully saturated rings. The quantitative estimate of drug-likeness (QED) is 0.386. The topological polar surface area (TPSA) is 66.4 Å². The summed E-state index contributed by atoms with van der Waals surface area (Å²) in [6.45, 7) is 4.00. The highest BCUT2D eigenvalue weighted by Crippen LogP contribution is 2.51. The number of carboxylic acids is 1. The van der Waals surface area contributed by atoms with Gasteiger partial charge in [-0.1, -0.05) is 19.9 Å². The third-order valence-electron chi connectivity index (χ3n) is 3.03. The van der Waals surface area contributed by atoms with E-state index in [2.05, 4.69) is 17.9 Å². The van der Waals surface area contributed by atoms with E-state index in [1.165, 1.54) is 0 Å². The molecule has 0 saturated heterocycles. The zero-order valence-electron chi connectivity index (χ0n) is 10.2. The SMILES string of the molecule is CC1(C)CC1C(=O)NC(=CCCCS)C(=O)O. The fourth-order valence-corrected chi connectivity index (χ4v) is 1.85. The number of thiol groups is 1. The molecule has 1 unspecified atom stereocenters. The lowest BCUT2D eigenvalue weighted by Crippen LogP contribution is -2.29. The van der Waals surface area contributed by atoms with Gasteiger partial charge in [-0.3, -0.25) is 4.79 Å². The Bertz CT molecular complexity index is 350. The summed E-state index contributed by atoms with van der Waals surface area (Å²) in [5.41, 5.74) is -0.00167. The second-order valence-electron chi connectivity index (χ2n) is 5.02. The Morgan fingerprint density at radius 3 is 2.53 bits per heavy atom. The minimum absolute atomic E-state index is 0.0127. The Labute approximate surface area is 107 Å². The molecule has 1 saturated carbocycles. The number of carbonyl (C=O) groups excluding carboxylic acids is 1. The van der Waals surface area contributed by atoms with Crippen molar-refractivity contribution in [2.45, 2.75) is 33.1 Å². The first-order valence-electron chi connectivity index (χ1n) is 5.73. The van der Waals surface area contributed by atoms with E-state index >= 15 is 0 Å². The van der Waals surface area contributed by atoms with E-state index in [0.29, 0.717) is 12.2 Å². The molecule has 1 aliphatic carbocycles. The molecule has 0 bridgehead atoms. The van der Waals surface area contributed by atoms with Gasteiger partial charge in [-0.2, -0.15) is 12.6 Å². The van der Waals surface area contributed by atoms with Crippen molar-refractivity contribution in [1.29, 1.82) is 0 Å². The molecular weight excluding hydrogens is 238 g/mol. The maximum Gasteiger partial charge on any atom is 0.352 e. The first kappa shape index (κ1) is 14.1. The average molecular weight is 257 g/mol. The van der Waals surface area contributed by atoms with Crippen LogP contribution >= 0.6 is 12.6 Å². The van der Waals surface area contributed by atoms with Gasteiger partial charge in [0, 0.05) is 5.92 Å². The first-order chi connectivity index (χ1) is 7.88. The van der Waals surface area contributed by atoms with E-state index in [9.17, 15) is 9.59 Å². The van der Waals surface area contributed by atoms with Gasteiger partial charge < -0.3 is 10.4 Å². The Morgan fingerprint density at radius 1 is 1.53 bits per heavy atom. The van der Waals surface area contributed by atoms with Crippen molar-refractivity contribution in [2.24, 2.45) is 11.3 Å². The molecule has 1 atom stereocenters. The zero-order chi connectivity index (χ0) is 13.1. The van der Waals surface area contributed by atoms with Crippen molar-refractivity contribution in [3.63, 3.8) is 0 Å². The van der Waals surface area contributed by atoms with Crippen LogP contribution in [0.25, 0.3) is 0 Å². The van der Waals surface area contributed by atoms with Crippen molar-refractivity contribution in [2.75, 3.05) is 5.75 Å². The molecule has 1 rings (SSSR count). The maximum absolute atomic E-state index is 11.7. The minimum atomic E-state index is -1.09. The molecule has 0 heterocycles. The summed E-state index contributed by atoms with van der Waals surface area (Å²) >= 11 is 4.05. The fourth-order valence-electron chi connectivity index (χ4n) is 1.66. The van der Waals surface area contributed by atoms with Crippen molar-refractivity contribution >= 4 is 24.5 Å². The van der Waals surface area contributed by atoms with E-state index in [0.717, 1.165) is 12.8 Å². The number of amides is 1. The Balaban J connectivity index is 2.53. The van der Waals surface area contributed by atoms with Crippen LogP contribution in [-0.4, -0.2) is 22.7 Å². The number of carboxylic acid groups (broad SMARTS) is 1. The standard InChI is InChI=1S/C12H19NO3S/c1-12(2)7-8(12)10(14)13-9(11(15)16)5-3-4-6-17/h5,8,17H,3-4,6-7H2,1-2H3,(H,13,14)(H,15,16). The van der Waals surface area contributed by atoms with E-state index in [-0.39, 0.29) is 22.9 Å². The first-order valence-corrected chi connectivity index (χ1v) is 6.37. The highest BCUT2D eigenvalue weighted by Gasteiger charge is 2.50. The number of allylic oxidation sites excluding steroid dienone is 1. The summed E-state index contributed by atoms with van der Waals surface area (Å²) < 4.78 is 0. The highest BCUT2D eigenvalue weighted by molar-refractivity contribution is 7.80. The van der Waals surface area contributed by atoms with Gasteiger partial charge in [0.2, 0.25) is 5.91 Å². The molecule has 0 radical (unpaired) electrons. The predicted molar refractivity (Wildman–Crippen MR) is 68.8 cm³/mol. The molecule has 2 N–H and O–H groups in total. The summed E-state index contributed by atoms with van der Waals surface area (Å²) in [5, 5.41) is 11.4. The second kappa shape index (κ2) is 5.58. The Morgan fingerprint density at radius 2 is 2.12 bits per heavy atom. The van der Waals surface area contributed by atoms with Crippen molar-refractivity contribution in [1.82, 2.24) is 5.32 Å². The van der Waals surface area contributed by atoms with Crippen LogP contribution in [0.15, 0.2) is 11.8 Å². The monoisotopic (exact) mass is 257 g/mol. The number of hydrogen-bond donors (Lipinski definition) is 3. The Kier molecular flexibility index (Phi) is 4.62. The van der Waals surface area contributed by atoms with Gasteiger partial charge in [-0.15, -0.1) is 0 Å². The number of carbonyl (C=O) groups is 2. The van der Waals surface area contributed by atoms with Gasteiger partial charge >= 0.3 is 5.97 Å². The van der Waals surface area contributed by atoms with Crippen molar-refractivity contribution in [3.05, 3.63) is 11.8 Å². The summed E-state index contributed by atoms with van der Waals surface area (Å²) in [4.78, 5) is 22.7. The third-order valence-corrected chi connectivity index (χ3v) is 3.35. The normalized spacial score (nSPS) is 22.1. The largest absolute Gasteiger partial charge is 0.477 e. The van der Waals surface area contributed by atoms with Gasteiger partial charge in [0.1, 0.15) is 5.70 Å². The van der Waals surface area contributed by atoms with Gasteiger partial charge in [-0.25, -0.2) is 4.79 Å². The van der Waals surface area contributed by atoms with Crippen LogP contribution in [-0.2, 0) is 9.59 Å². The molecule has 4 nitrogen and oxygen atoms in total.